The van der Waals surface area contributed by atoms with Crippen molar-refractivity contribution in [3.8, 4) is 0 Å². The van der Waals surface area contributed by atoms with Gasteiger partial charge in [0, 0.05) is 11.9 Å². The predicted octanol–water partition coefficient (Wildman–Crippen LogP) is 2.54. The normalized spacial score (nSPS) is 16.4. The summed E-state index contributed by atoms with van der Waals surface area (Å²) in [5, 5.41) is 9.27. The molecule has 1 nitrogen and oxygen atoms in total. The van der Waals surface area contributed by atoms with Crippen molar-refractivity contribution in [1.29, 1.82) is 0 Å². The van der Waals surface area contributed by atoms with Crippen LogP contribution in [0.1, 0.15) is 33.6 Å². The Balaban J connectivity index is 3.22. The first-order valence-electron chi connectivity index (χ1n) is 4.43. The minimum atomic E-state index is 0.328. The van der Waals surface area contributed by atoms with Gasteiger partial charge in [-0.2, -0.15) is 11.8 Å². The maximum absolute atomic E-state index is 8.65. The molecule has 0 heterocycles. The van der Waals surface area contributed by atoms with Crippen LogP contribution in [-0.4, -0.2) is 22.7 Å². The largest absolute Gasteiger partial charge is 0.396 e. The maximum atomic E-state index is 8.65. The molecule has 0 aliphatic heterocycles. The third-order valence-electron chi connectivity index (χ3n) is 1.90. The van der Waals surface area contributed by atoms with Gasteiger partial charge in [-0.25, -0.2) is 0 Å². The maximum Gasteiger partial charge on any atom is 0.0441 e. The zero-order valence-electron chi connectivity index (χ0n) is 7.84. The number of aliphatic hydroxyl groups is 1. The SMILES string of the molecule is CCC(C)CSC(C)CCO. The molecule has 0 saturated heterocycles. The van der Waals surface area contributed by atoms with Crippen LogP contribution in [-0.2, 0) is 0 Å². The highest BCUT2D eigenvalue weighted by atomic mass is 32.2. The highest BCUT2D eigenvalue weighted by Crippen LogP contribution is 2.18. The van der Waals surface area contributed by atoms with Gasteiger partial charge in [-0.3, -0.25) is 0 Å². The van der Waals surface area contributed by atoms with E-state index in [9.17, 15) is 0 Å². The Morgan fingerprint density at radius 2 is 2.00 bits per heavy atom. The molecule has 0 spiro atoms. The molecular weight excluding hydrogens is 156 g/mol. The number of thioether (sulfide) groups is 1. The number of rotatable bonds is 6. The first kappa shape index (κ1) is 11.3. The van der Waals surface area contributed by atoms with Gasteiger partial charge in [0.15, 0.2) is 0 Å². The Morgan fingerprint density at radius 3 is 2.45 bits per heavy atom. The molecule has 0 bridgehead atoms. The fourth-order valence-electron chi connectivity index (χ4n) is 0.712. The molecule has 2 atom stereocenters. The summed E-state index contributed by atoms with van der Waals surface area (Å²) >= 11 is 1.97. The van der Waals surface area contributed by atoms with E-state index in [0.29, 0.717) is 11.9 Å². The molecule has 11 heavy (non-hydrogen) atoms. The van der Waals surface area contributed by atoms with Crippen LogP contribution < -0.4 is 0 Å². The second kappa shape index (κ2) is 6.99. The van der Waals surface area contributed by atoms with E-state index in [2.05, 4.69) is 20.8 Å². The van der Waals surface area contributed by atoms with E-state index in [1.165, 1.54) is 12.2 Å². The Bertz CT molecular complexity index is 85.6. The summed E-state index contributed by atoms with van der Waals surface area (Å²) in [6.07, 6.45) is 2.19. The minimum absolute atomic E-state index is 0.328. The number of aliphatic hydroxyl groups excluding tert-OH is 1. The van der Waals surface area contributed by atoms with Crippen LogP contribution in [0.15, 0.2) is 0 Å². The smallest absolute Gasteiger partial charge is 0.0441 e. The van der Waals surface area contributed by atoms with Crippen molar-refractivity contribution in [2.24, 2.45) is 5.92 Å². The molecule has 0 aliphatic rings. The standard InChI is InChI=1S/C9H20OS/c1-4-8(2)7-11-9(3)5-6-10/h8-10H,4-7H2,1-3H3. The number of hydrogen-bond acceptors (Lipinski definition) is 2. The minimum Gasteiger partial charge on any atom is -0.396 e. The van der Waals surface area contributed by atoms with Gasteiger partial charge in [0.2, 0.25) is 0 Å². The molecule has 0 radical (unpaired) electrons. The summed E-state index contributed by atoms with van der Waals surface area (Å²) in [5.74, 6) is 2.05. The van der Waals surface area contributed by atoms with E-state index in [-0.39, 0.29) is 0 Å². The lowest BCUT2D eigenvalue weighted by Crippen LogP contribution is -2.04. The molecule has 2 unspecified atom stereocenters. The summed E-state index contributed by atoms with van der Waals surface area (Å²) < 4.78 is 0. The third kappa shape index (κ3) is 6.70. The van der Waals surface area contributed by atoms with Crippen LogP contribution >= 0.6 is 11.8 Å². The van der Waals surface area contributed by atoms with Gasteiger partial charge in [0.1, 0.15) is 0 Å². The molecule has 0 aliphatic carbocycles. The topological polar surface area (TPSA) is 20.2 Å². The van der Waals surface area contributed by atoms with Gasteiger partial charge in [-0.15, -0.1) is 0 Å². The molecule has 1 N–H and O–H groups in total. The van der Waals surface area contributed by atoms with Gasteiger partial charge >= 0.3 is 0 Å². The molecule has 0 amide bonds. The van der Waals surface area contributed by atoms with E-state index in [0.717, 1.165) is 12.3 Å². The van der Waals surface area contributed by atoms with E-state index in [1.54, 1.807) is 0 Å². The van der Waals surface area contributed by atoms with E-state index in [1.807, 2.05) is 11.8 Å². The Kier molecular flexibility index (Phi) is 7.18. The molecule has 0 saturated carbocycles. The van der Waals surface area contributed by atoms with Crippen molar-refractivity contribution in [2.45, 2.75) is 38.9 Å². The summed E-state index contributed by atoms with van der Waals surface area (Å²) in [6.45, 7) is 7.01. The van der Waals surface area contributed by atoms with Crippen molar-refractivity contribution in [3.63, 3.8) is 0 Å². The third-order valence-corrected chi connectivity index (χ3v) is 3.46. The van der Waals surface area contributed by atoms with Crippen LogP contribution in [0.4, 0.5) is 0 Å². The molecule has 0 aromatic rings. The van der Waals surface area contributed by atoms with Crippen LogP contribution in [0.5, 0.6) is 0 Å². The summed E-state index contributed by atoms with van der Waals surface area (Å²) in [5.41, 5.74) is 0. The van der Waals surface area contributed by atoms with E-state index >= 15 is 0 Å². The molecule has 0 aromatic heterocycles. The quantitative estimate of drug-likeness (QED) is 0.671. The van der Waals surface area contributed by atoms with Crippen molar-refractivity contribution < 1.29 is 5.11 Å². The molecular formula is C9H20OS. The van der Waals surface area contributed by atoms with Crippen molar-refractivity contribution in [1.82, 2.24) is 0 Å². The highest BCUT2D eigenvalue weighted by molar-refractivity contribution is 7.99. The van der Waals surface area contributed by atoms with Gasteiger partial charge < -0.3 is 5.11 Å². The Morgan fingerprint density at radius 1 is 1.36 bits per heavy atom. The lowest BCUT2D eigenvalue weighted by atomic mass is 10.2. The van der Waals surface area contributed by atoms with Crippen molar-refractivity contribution in [2.75, 3.05) is 12.4 Å². The van der Waals surface area contributed by atoms with Crippen LogP contribution in [0.2, 0.25) is 0 Å². The zero-order valence-corrected chi connectivity index (χ0v) is 8.66. The second-order valence-electron chi connectivity index (χ2n) is 3.17. The van der Waals surface area contributed by atoms with Crippen LogP contribution in [0.3, 0.4) is 0 Å². The van der Waals surface area contributed by atoms with Gasteiger partial charge in [-0.05, 0) is 18.1 Å². The average molecular weight is 176 g/mol. The molecule has 0 aromatic carbocycles. The lowest BCUT2D eigenvalue weighted by molar-refractivity contribution is 0.289. The first-order chi connectivity index (χ1) is 5.20. The van der Waals surface area contributed by atoms with Gasteiger partial charge in [-0.1, -0.05) is 27.2 Å². The fourth-order valence-corrected chi connectivity index (χ4v) is 1.88. The second-order valence-corrected chi connectivity index (χ2v) is 4.64. The summed E-state index contributed by atoms with van der Waals surface area (Å²) in [4.78, 5) is 0. The first-order valence-corrected chi connectivity index (χ1v) is 5.48. The van der Waals surface area contributed by atoms with E-state index in [4.69, 9.17) is 5.11 Å². The van der Waals surface area contributed by atoms with Gasteiger partial charge in [0.25, 0.3) is 0 Å². The van der Waals surface area contributed by atoms with E-state index < -0.39 is 0 Å². The summed E-state index contributed by atoms with van der Waals surface area (Å²) in [7, 11) is 0. The Hall–Kier alpha value is 0.310. The average Bonchev–Trinajstić information content (AvgIpc) is 2.01. The zero-order chi connectivity index (χ0) is 8.69. The van der Waals surface area contributed by atoms with Crippen molar-refractivity contribution in [3.05, 3.63) is 0 Å². The molecule has 68 valence electrons. The summed E-state index contributed by atoms with van der Waals surface area (Å²) in [6, 6.07) is 0. The van der Waals surface area contributed by atoms with Crippen molar-refractivity contribution >= 4 is 11.8 Å². The lowest BCUT2D eigenvalue weighted by Gasteiger charge is -2.12. The van der Waals surface area contributed by atoms with Crippen LogP contribution in [0, 0.1) is 5.92 Å². The van der Waals surface area contributed by atoms with Gasteiger partial charge in [0.05, 0.1) is 0 Å². The number of hydrogen-bond donors (Lipinski definition) is 1. The van der Waals surface area contributed by atoms with Crippen LogP contribution in [0.25, 0.3) is 0 Å². The molecule has 0 rings (SSSR count). The Labute approximate surface area is 74.6 Å². The highest BCUT2D eigenvalue weighted by Gasteiger charge is 2.04. The fraction of sp³-hybridized carbons (Fsp3) is 1.00. The monoisotopic (exact) mass is 176 g/mol. The molecule has 0 fully saturated rings. The molecule has 2 heteroatoms. The predicted molar refractivity (Wildman–Crippen MR) is 53.1 cm³/mol.